The van der Waals surface area contributed by atoms with Crippen molar-refractivity contribution in [1.82, 2.24) is 0 Å². The maximum Gasteiger partial charge on any atom is 0.338 e. The third-order valence-corrected chi connectivity index (χ3v) is 12.1. The van der Waals surface area contributed by atoms with E-state index in [1.807, 2.05) is 37.3 Å². The molecule has 39 heavy (non-hydrogen) atoms. The van der Waals surface area contributed by atoms with Crippen LogP contribution in [0.15, 0.2) is 30.3 Å². The molecule has 216 valence electrons. The molecular weight excluding hydrogens is 496 g/mol. The molecule has 1 saturated heterocycles. The van der Waals surface area contributed by atoms with E-state index in [4.69, 9.17) is 23.7 Å². The summed E-state index contributed by atoms with van der Waals surface area (Å²) in [5.74, 6) is -0.568. The highest BCUT2D eigenvalue weighted by Gasteiger charge is 2.68. The summed E-state index contributed by atoms with van der Waals surface area (Å²) in [7, 11) is 3.44. The van der Waals surface area contributed by atoms with Gasteiger partial charge in [-0.1, -0.05) is 32.0 Å². The standard InChI is InChI=1S/C32H46O7/c1-29-13-14-32(37-15-16-38-32)18-23(29)25(39-28(34)20-9-7-6-8-10-20)17-21-22-11-12-26(31(3,35-4)36-5)30(22,2)19-24(33)27(21)29/h6-10,21-27,33H,11-19H2,1-5H3/t21?,22?,23-,24+,25+,26?,27?,29?,30?/m0/s1. The third-order valence-electron chi connectivity index (χ3n) is 12.1. The maximum atomic E-state index is 13.4. The summed E-state index contributed by atoms with van der Waals surface area (Å²) in [6.07, 6.45) is 5.23. The molecule has 0 amide bonds. The van der Waals surface area contributed by atoms with E-state index in [1.165, 1.54) is 0 Å². The zero-order valence-corrected chi connectivity index (χ0v) is 24.2. The molecule has 0 bridgehead atoms. The minimum Gasteiger partial charge on any atom is -0.458 e. The molecule has 1 aromatic carbocycles. The first kappa shape index (κ1) is 27.6. The number of hydrogen-bond donors (Lipinski definition) is 1. The average molecular weight is 543 g/mol. The van der Waals surface area contributed by atoms with Crippen molar-refractivity contribution in [3.63, 3.8) is 0 Å². The van der Waals surface area contributed by atoms with Crippen molar-refractivity contribution in [3.8, 4) is 0 Å². The molecule has 4 saturated carbocycles. The second kappa shape index (κ2) is 9.80. The normalized spacial score (nSPS) is 43.0. The van der Waals surface area contributed by atoms with Gasteiger partial charge in [0.05, 0.1) is 24.9 Å². The Morgan fingerprint density at radius 2 is 1.67 bits per heavy atom. The van der Waals surface area contributed by atoms with E-state index in [9.17, 15) is 9.90 Å². The number of benzene rings is 1. The summed E-state index contributed by atoms with van der Waals surface area (Å²) in [6.45, 7) is 7.92. The number of aliphatic hydroxyl groups is 1. The lowest BCUT2D eigenvalue weighted by Crippen LogP contribution is -2.65. The molecule has 9 atom stereocenters. The Kier molecular flexibility index (Phi) is 6.95. The predicted molar refractivity (Wildman–Crippen MR) is 145 cm³/mol. The molecule has 1 heterocycles. The highest BCUT2D eigenvalue weighted by molar-refractivity contribution is 5.89. The highest BCUT2D eigenvalue weighted by Crippen LogP contribution is 2.70. The number of carbonyl (C=O) groups is 1. The van der Waals surface area contributed by atoms with Gasteiger partial charge in [0.2, 0.25) is 0 Å². The number of rotatable bonds is 5. The van der Waals surface area contributed by atoms with Crippen molar-refractivity contribution in [3.05, 3.63) is 35.9 Å². The largest absolute Gasteiger partial charge is 0.458 e. The molecule has 1 aliphatic heterocycles. The molecule has 1 N–H and O–H groups in total. The van der Waals surface area contributed by atoms with Crippen molar-refractivity contribution in [1.29, 1.82) is 0 Å². The first-order chi connectivity index (χ1) is 18.6. The zero-order chi connectivity index (χ0) is 27.6. The minimum absolute atomic E-state index is 0.0534. The van der Waals surface area contributed by atoms with Gasteiger partial charge in [0.15, 0.2) is 11.6 Å². The van der Waals surface area contributed by atoms with Crippen molar-refractivity contribution in [2.45, 2.75) is 89.5 Å². The lowest BCUT2D eigenvalue weighted by atomic mass is 9.43. The van der Waals surface area contributed by atoms with Gasteiger partial charge in [-0.3, -0.25) is 0 Å². The Bertz CT molecular complexity index is 1050. The smallest absolute Gasteiger partial charge is 0.338 e. The average Bonchev–Trinajstić information content (AvgIpc) is 3.53. The Morgan fingerprint density at radius 1 is 0.974 bits per heavy atom. The summed E-state index contributed by atoms with van der Waals surface area (Å²) < 4.78 is 30.7. The number of fused-ring (bicyclic) bond motifs is 5. The van der Waals surface area contributed by atoms with E-state index in [0.29, 0.717) is 31.1 Å². The van der Waals surface area contributed by atoms with Crippen LogP contribution < -0.4 is 0 Å². The van der Waals surface area contributed by atoms with Crippen LogP contribution in [0.25, 0.3) is 0 Å². The number of aliphatic hydroxyl groups excluding tert-OH is 1. The number of carbonyl (C=O) groups excluding carboxylic acids is 1. The first-order valence-corrected chi connectivity index (χ1v) is 14.9. The van der Waals surface area contributed by atoms with Gasteiger partial charge in [-0.15, -0.1) is 0 Å². The molecule has 6 rings (SSSR count). The number of hydrogen-bond acceptors (Lipinski definition) is 7. The van der Waals surface area contributed by atoms with Crippen LogP contribution in [0, 0.1) is 40.4 Å². The van der Waals surface area contributed by atoms with Crippen LogP contribution in [0.2, 0.25) is 0 Å². The Hall–Kier alpha value is -1.51. The topological polar surface area (TPSA) is 83.5 Å². The monoisotopic (exact) mass is 542 g/mol. The van der Waals surface area contributed by atoms with Crippen LogP contribution in [-0.4, -0.2) is 62.3 Å². The number of methoxy groups -OCH3 is 2. The summed E-state index contributed by atoms with van der Waals surface area (Å²) in [5, 5.41) is 12.0. The van der Waals surface area contributed by atoms with Crippen LogP contribution in [0.4, 0.5) is 0 Å². The zero-order valence-electron chi connectivity index (χ0n) is 24.2. The fourth-order valence-corrected chi connectivity index (χ4v) is 10.2. The van der Waals surface area contributed by atoms with Crippen LogP contribution in [0.1, 0.15) is 76.1 Å². The number of ether oxygens (including phenoxy) is 5. The molecule has 1 aromatic rings. The van der Waals surface area contributed by atoms with Gasteiger partial charge >= 0.3 is 5.97 Å². The molecule has 5 aliphatic rings. The minimum atomic E-state index is -0.704. The van der Waals surface area contributed by atoms with Gasteiger partial charge in [0, 0.05) is 38.9 Å². The van der Waals surface area contributed by atoms with Crippen LogP contribution in [0.5, 0.6) is 0 Å². The second-order valence-corrected chi connectivity index (χ2v) is 13.6. The summed E-state index contributed by atoms with van der Waals surface area (Å²) in [5.41, 5.74) is 0.257. The molecule has 1 spiro atoms. The van der Waals surface area contributed by atoms with Gasteiger partial charge in [0.25, 0.3) is 0 Å². The van der Waals surface area contributed by atoms with E-state index in [2.05, 4.69) is 13.8 Å². The molecule has 0 aromatic heterocycles. The quantitative estimate of drug-likeness (QED) is 0.404. The lowest BCUT2D eigenvalue weighted by Gasteiger charge is -2.64. The molecule has 0 radical (unpaired) electrons. The predicted octanol–water partition coefficient (Wildman–Crippen LogP) is 5.20. The van der Waals surface area contributed by atoms with Crippen LogP contribution in [0.3, 0.4) is 0 Å². The highest BCUT2D eigenvalue weighted by atomic mass is 16.7. The fraction of sp³-hybridized carbons (Fsp3) is 0.781. The second-order valence-electron chi connectivity index (χ2n) is 13.6. The van der Waals surface area contributed by atoms with Gasteiger partial charge in [-0.2, -0.15) is 0 Å². The molecule has 7 heteroatoms. The Labute approximate surface area is 232 Å². The lowest BCUT2D eigenvalue weighted by molar-refractivity contribution is -0.278. The van der Waals surface area contributed by atoms with Gasteiger partial charge in [0.1, 0.15) is 6.10 Å². The van der Waals surface area contributed by atoms with Gasteiger partial charge in [-0.05, 0) is 79.7 Å². The van der Waals surface area contributed by atoms with E-state index < -0.39 is 17.7 Å². The third kappa shape index (κ3) is 4.21. The van der Waals surface area contributed by atoms with E-state index >= 15 is 0 Å². The van der Waals surface area contributed by atoms with Crippen molar-refractivity contribution >= 4 is 5.97 Å². The first-order valence-electron chi connectivity index (χ1n) is 14.9. The van der Waals surface area contributed by atoms with E-state index in [-0.39, 0.29) is 46.6 Å². The SMILES string of the molecule is COC(C)(OC)C1CCC2C3C[C@@H](OC(=O)c4ccccc4)[C@@H]4CC5(CCC4(C)C3[C@H](O)CC21C)OCCO5. The summed E-state index contributed by atoms with van der Waals surface area (Å²) in [6, 6.07) is 9.29. The Balaban J connectivity index is 1.36. The molecule has 4 aliphatic carbocycles. The molecule has 7 nitrogen and oxygen atoms in total. The molecular formula is C32H46O7. The maximum absolute atomic E-state index is 13.4. The van der Waals surface area contributed by atoms with E-state index in [0.717, 1.165) is 38.5 Å². The van der Waals surface area contributed by atoms with Gasteiger partial charge < -0.3 is 28.8 Å². The molecule has 5 fully saturated rings. The van der Waals surface area contributed by atoms with Crippen LogP contribution in [-0.2, 0) is 23.7 Å². The summed E-state index contributed by atoms with van der Waals surface area (Å²) in [4.78, 5) is 13.4. The Morgan fingerprint density at radius 3 is 2.33 bits per heavy atom. The molecule has 6 unspecified atom stereocenters. The van der Waals surface area contributed by atoms with Crippen molar-refractivity contribution in [2.24, 2.45) is 40.4 Å². The summed E-state index contributed by atoms with van der Waals surface area (Å²) >= 11 is 0. The number of esters is 1. The fourth-order valence-electron chi connectivity index (χ4n) is 10.2. The van der Waals surface area contributed by atoms with Crippen LogP contribution >= 0.6 is 0 Å². The van der Waals surface area contributed by atoms with Crippen molar-refractivity contribution in [2.75, 3.05) is 27.4 Å². The van der Waals surface area contributed by atoms with Crippen molar-refractivity contribution < 1.29 is 33.6 Å². The van der Waals surface area contributed by atoms with E-state index in [1.54, 1.807) is 14.2 Å². The van der Waals surface area contributed by atoms with Gasteiger partial charge in [-0.25, -0.2) is 4.79 Å².